The van der Waals surface area contributed by atoms with Crippen LogP contribution in [0.25, 0.3) is 0 Å². The predicted octanol–water partition coefficient (Wildman–Crippen LogP) is 2.83. The lowest BCUT2D eigenvalue weighted by molar-refractivity contribution is -0.120. The quantitative estimate of drug-likeness (QED) is 0.873. The maximum atomic E-state index is 12.9. The molecule has 2 amide bonds. The first-order chi connectivity index (χ1) is 11.9. The van der Waals surface area contributed by atoms with E-state index < -0.39 is 11.7 Å². The second-order valence-electron chi connectivity index (χ2n) is 5.20. The van der Waals surface area contributed by atoms with Gasteiger partial charge in [-0.3, -0.25) is 14.5 Å². The molecule has 132 valence electrons. The van der Waals surface area contributed by atoms with Crippen LogP contribution >= 0.6 is 0 Å². The van der Waals surface area contributed by atoms with E-state index in [1.807, 2.05) is 0 Å². The molecule has 1 N–H and O–H groups in total. The van der Waals surface area contributed by atoms with Gasteiger partial charge in [0.25, 0.3) is 0 Å². The zero-order valence-electron chi connectivity index (χ0n) is 14.2. The molecule has 2 aromatic rings. The molecular weight excluding hydrogens is 327 g/mol. The van der Waals surface area contributed by atoms with Crippen LogP contribution in [-0.4, -0.2) is 32.6 Å². The van der Waals surface area contributed by atoms with Gasteiger partial charge in [-0.2, -0.15) is 0 Å². The molecule has 0 saturated carbocycles. The minimum absolute atomic E-state index is 0.226. The number of amides is 2. The average molecular weight is 346 g/mol. The smallest absolute Gasteiger partial charge is 0.244 e. The van der Waals surface area contributed by atoms with Crippen molar-refractivity contribution in [3.8, 4) is 11.5 Å². The Morgan fingerprint density at radius 1 is 1.08 bits per heavy atom. The van der Waals surface area contributed by atoms with Crippen molar-refractivity contribution < 1.29 is 23.5 Å². The van der Waals surface area contributed by atoms with Crippen molar-refractivity contribution >= 4 is 23.2 Å². The van der Waals surface area contributed by atoms with Crippen molar-refractivity contribution in [2.45, 2.75) is 6.92 Å². The van der Waals surface area contributed by atoms with Gasteiger partial charge in [0.1, 0.15) is 23.9 Å². The number of carbonyl (C=O) groups is 2. The lowest BCUT2D eigenvalue weighted by atomic mass is 10.2. The summed E-state index contributed by atoms with van der Waals surface area (Å²) in [6, 6.07) is 10.3. The van der Waals surface area contributed by atoms with Crippen molar-refractivity contribution in [1.29, 1.82) is 0 Å². The summed E-state index contributed by atoms with van der Waals surface area (Å²) in [5, 5.41) is 2.62. The molecular formula is C18H19FN2O4. The summed E-state index contributed by atoms with van der Waals surface area (Å²) in [5.41, 5.74) is 0.858. The molecule has 0 bridgehead atoms. The Bertz CT molecular complexity index is 762. The van der Waals surface area contributed by atoms with E-state index in [0.717, 1.165) is 0 Å². The maximum absolute atomic E-state index is 12.9. The second-order valence-corrected chi connectivity index (χ2v) is 5.20. The Morgan fingerprint density at radius 2 is 1.76 bits per heavy atom. The van der Waals surface area contributed by atoms with Crippen LogP contribution in [0.1, 0.15) is 6.92 Å². The number of methoxy groups -OCH3 is 2. The fraction of sp³-hybridized carbons (Fsp3) is 0.222. The molecule has 0 aliphatic carbocycles. The lowest BCUT2D eigenvalue weighted by Gasteiger charge is -2.23. The molecule has 0 aromatic heterocycles. The van der Waals surface area contributed by atoms with E-state index in [0.29, 0.717) is 22.9 Å². The highest BCUT2D eigenvalue weighted by atomic mass is 19.1. The number of nitrogens with one attached hydrogen (secondary N) is 1. The molecule has 0 radical (unpaired) electrons. The Hall–Kier alpha value is -3.09. The van der Waals surface area contributed by atoms with Crippen LogP contribution in [0.3, 0.4) is 0 Å². The first kappa shape index (κ1) is 18.3. The number of nitrogens with zero attached hydrogens (tertiary/aromatic N) is 1. The van der Waals surface area contributed by atoms with E-state index in [1.54, 1.807) is 18.2 Å². The van der Waals surface area contributed by atoms with Crippen LogP contribution in [-0.2, 0) is 9.59 Å². The Morgan fingerprint density at radius 3 is 2.32 bits per heavy atom. The number of hydrogen-bond donors (Lipinski definition) is 1. The SMILES string of the molecule is COc1ccc(OC)c(N(CC(=O)Nc2ccc(F)cc2)C(C)=O)c1. The predicted molar refractivity (Wildman–Crippen MR) is 92.6 cm³/mol. The zero-order chi connectivity index (χ0) is 18.4. The fourth-order valence-electron chi connectivity index (χ4n) is 2.25. The van der Waals surface area contributed by atoms with Gasteiger partial charge in [0.05, 0.1) is 19.9 Å². The first-order valence-electron chi connectivity index (χ1n) is 7.50. The molecule has 0 spiro atoms. The highest BCUT2D eigenvalue weighted by Gasteiger charge is 2.20. The average Bonchev–Trinajstić information content (AvgIpc) is 2.61. The van der Waals surface area contributed by atoms with Gasteiger partial charge in [-0.25, -0.2) is 4.39 Å². The van der Waals surface area contributed by atoms with E-state index in [9.17, 15) is 14.0 Å². The number of anilines is 2. The second kappa shape index (κ2) is 8.14. The van der Waals surface area contributed by atoms with Crippen molar-refractivity contribution in [3.05, 3.63) is 48.3 Å². The number of carbonyl (C=O) groups excluding carboxylic acids is 2. The standard InChI is InChI=1S/C18H19FN2O4/c1-12(22)21(16-10-15(24-2)8-9-17(16)25-3)11-18(23)20-14-6-4-13(19)5-7-14/h4-10H,11H2,1-3H3,(H,20,23). The molecule has 0 unspecified atom stereocenters. The normalized spacial score (nSPS) is 10.1. The zero-order valence-corrected chi connectivity index (χ0v) is 14.2. The summed E-state index contributed by atoms with van der Waals surface area (Å²) < 4.78 is 23.4. The number of benzene rings is 2. The number of halogens is 1. The molecule has 0 aliphatic rings. The highest BCUT2D eigenvalue weighted by Crippen LogP contribution is 2.32. The van der Waals surface area contributed by atoms with Crippen molar-refractivity contribution in [2.24, 2.45) is 0 Å². The van der Waals surface area contributed by atoms with Crippen LogP contribution in [0.4, 0.5) is 15.8 Å². The van der Waals surface area contributed by atoms with E-state index in [2.05, 4.69) is 5.32 Å². The minimum Gasteiger partial charge on any atom is -0.497 e. The topological polar surface area (TPSA) is 67.9 Å². The van der Waals surface area contributed by atoms with Gasteiger partial charge < -0.3 is 14.8 Å². The Kier molecular flexibility index (Phi) is 5.94. The van der Waals surface area contributed by atoms with Gasteiger partial charge in [0.2, 0.25) is 11.8 Å². The van der Waals surface area contributed by atoms with Gasteiger partial charge >= 0.3 is 0 Å². The summed E-state index contributed by atoms with van der Waals surface area (Å²) in [5.74, 6) is -0.191. The lowest BCUT2D eigenvalue weighted by Crippen LogP contribution is -2.37. The van der Waals surface area contributed by atoms with E-state index in [4.69, 9.17) is 9.47 Å². The summed E-state index contributed by atoms with van der Waals surface area (Å²) in [4.78, 5) is 25.6. The third-order valence-electron chi connectivity index (χ3n) is 3.49. The summed E-state index contributed by atoms with van der Waals surface area (Å²) in [6.45, 7) is 1.13. The maximum Gasteiger partial charge on any atom is 0.244 e. The van der Waals surface area contributed by atoms with Crippen LogP contribution < -0.4 is 19.7 Å². The molecule has 0 aliphatic heterocycles. The van der Waals surface area contributed by atoms with Gasteiger partial charge in [-0.1, -0.05) is 0 Å². The summed E-state index contributed by atoms with van der Waals surface area (Å²) >= 11 is 0. The van der Waals surface area contributed by atoms with Crippen LogP contribution in [0, 0.1) is 5.82 Å². The number of rotatable bonds is 6. The van der Waals surface area contributed by atoms with Gasteiger partial charge in [-0.05, 0) is 36.4 Å². The molecule has 2 aromatic carbocycles. The Labute approximate surface area is 145 Å². The van der Waals surface area contributed by atoms with Crippen molar-refractivity contribution in [1.82, 2.24) is 0 Å². The largest absolute Gasteiger partial charge is 0.497 e. The van der Waals surface area contributed by atoms with Crippen molar-refractivity contribution in [3.63, 3.8) is 0 Å². The first-order valence-corrected chi connectivity index (χ1v) is 7.50. The molecule has 0 atom stereocenters. The van der Waals surface area contributed by atoms with Crippen molar-refractivity contribution in [2.75, 3.05) is 31.0 Å². The molecule has 6 nitrogen and oxygen atoms in total. The minimum atomic E-state index is -0.424. The molecule has 0 saturated heterocycles. The molecule has 7 heteroatoms. The van der Waals surface area contributed by atoms with Gasteiger partial charge in [0, 0.05) is 18.7 Å². The van der Waals surface area contributed by atoms with Crippen LogP contribution in [0.2, 0.25) is 0 Å². The summed E-state index contributed by atoms with van der Waals surface area (Å²) in [7, 11) is 2.98. The molecule has 25 heavy (non-hydrogen) atoms. The van der Waals surface area contributed by atoms with E-state index in [1.165, 1.54) is 50.3 Å². The van der Waals surface area contributed by atoms with Gasteiger partial charge in [-0.15, -0.1) is 0 Å². The van der Waals surface area contributed by atoms with E-state index in [-0.39, 0.29) is 12.5 Å². The highest BCUT2D eigenvalue weighted by molar-refractivity contribution is 6.02. The third kappa shape index (κ3) is 4.69. The fourth-order valence-corrected chi connectivity index (χ4v) is 2.25. The monoisotopic (exact) mass is 346 g/mol. The van der Waals surface area contributed by atoms with E-state index >= 15 is 0 Å². The van der Waals surface area contributed by atoms with Crippen LogP contribution in [0.5, 0.6) is 11.5 Å². The van der Waals surface area contributed by atoms with Crippen LogP contribution in [0.15, 0.2) is 42.5 Å². The summed E-state index contributed by atoms with van der Waals surface area (Å²) in [6.07, 6.45) is 0. The third-order valence-corrected chi connectivity index (χ3v) is 3.49. The van der Waals surface area contributed by atoms with Gasteiger partial charge in [0.15, 0.2) is 0 Å². The number of hydrogen-bond acceptors (Lipinski definition) is 4. The molecule has 0 fully saturated rings. The Balaban J connectivity index is 2.22. The molecule has 2 rings (SSSR count). The molecule has 0 heterocycles. The number of ether oxygens (including phenoxy) is 2.